The Morgan fingerprint density at radius 1 is 1.33 bits per heavy atom. The normalized spacial score (nSPS) is 11.5. The van der Waals surface area contributed by atoms with Crippen LogP contribution in [0.25, 0.3) is 0 Å². The SMILES string of the molecule is CC(C)CCC(=O)NC(C)(C)CC(=O)O. The maximum Gasteiger partial charge on any atom is 0.305 e. The van der Waals surface area contributed by atoms with Crippen molar-refractivity contribution in [3.63, 3.8) is 0 Å². The number of hydrogen-bond donors (Lipinski definition) is 2. The van der Waals surface area contributed by atoms with E-state index in [1.54, 1.807) is 13.8 Å². The molecule has 1 amide bonds. The van der Waals surface area contributed by atoms with Crippen LogP contribution < -0.4 is 5.32 Å². The lowest BCUT2D eigenvalue weighted by Gasteiger charge is -2.24. The van der Waals surface area contributed by atoms with Gasteiger partial charge in [-0.2, -0.15) is 0 Å². The molecule has 0 rings (SSSR count). The summed E-state index contributed by atoms with van der Waals surface area (Å²) in [7, 11) is 0. The molecule has 0 atom stereocenters. The average molecular weight is 215 g/mol. The Morgan fingerprint density at radius 2 is 1.87 bits per heavy atom. The number of carboxylic acids is 1. The summed E-state index contributed by atoms with van der Waals surface area (Å²) in [6, 6.07) is 0. The van der Waals surface area contributed by atoms with Crippen LogP contribution in [0.5, 0.6) is 0 Å². The van der Waals surface area contributed by atoms with Crippen LogP contribution in [0.15, 0.2) is 0 Å². The van der Waals surface area contributed by atoms with E-state index in [1.165, 1.54) is 0 Å². The summed E-state index contributed by atoms with van der Waals surface area (Å²) >= 11 is 0. The van der Waals surface area contributed by atoms with Crippen LogP contribution in [0, 0.1) is 5.92 Å². The van der Waals surface area contributed by atoms with Crippen molar-refractivity contribution in [1.29, 1.82) is 0 Å². The lowest BCUT2D eigenvalue weighted by atomic mass is 10.00. The monoisotopic (exact) mass is 215 g/mol. The predicted molar refractivity (Wildman–Crippen MR) is 58.5 cm³/mol. The maximum absolute atomic E-state index is 11.4. The van der Waals surface area contributed by atoms with Gasteiger partial charge in [-0.15, -0.1) is 0 Å². The van der Waals surface area contributed by atoms with Gasteiger partial charge in [-0.25, -0.2) is 0 Å². The zero-order valence-electron chi connectivity index (χ0n) is 9.96. The molecule has 0 aromatic carbocycles. The lowest BCUT2D eigenvalue weighted by Crippen LogP contribution is -2.44. The van der Waals surface area contributed by atoms with E-state index >= 15 is 0 Å². The second kappa shape index (κ2) is 5.73. The summed E-state index contributed by atoms with van der Waals surface area (Å²) < 4.78 is 0. The van der Waals surface area contributed by atoms with Crippen molar-refractivity contribution >= 4 is 11.9 Å². The van der Waals surface area contributed by atoms with E-state index in [0.29, 0.717) is 12.3 Å². The molecular weight excluding hydrogens is 194 g/mol. The van der Waals surface area contributed by atoms with E-state index in [1.807, 2.05) is 0 Å². The van der Waals surface area contributed by atoms with Crippen molar-refractivity contribution in [2.75, 3.05) is 0 Å². The molecule has 88 valence electrons. The molecule has 0 aliphatic carbocycles. The molecule has 0 unspecified atom stereocenters. The molecule has 2 N–H and O–H groups in total. The van der Waals surface area contributed by atoms with Crippen LogP contribution in [0.3, 0.4) is 0 Å². The molecule has 0 saturated heterocycles. The van der Waals surface area contributed by atoms with Gasteiger partial charge in [-0.1, -0.05) is 13.8 Å². The molecule has 0 bridgehead atoms. The summed E-state index contributed by atoms with van der Waals surface area (Å²) in [5.41, 5.74) is -0.667. The van der Waals surface area contributed by atoms with Crippen molar-refractivity contribution < 1.29 is 14.7 Å². The minimum Gasteiger partial charge on any atom is -0.481 e. The van der Waals surface area contributed by atoms with Crippen LogP contribution in [-0.2, 0) is 9.59 Å². The van der Waals surface area contributed by atoms with E-state index in [-0.39, 0.29) is 12.3 Å². The first-order valence-electron chi connectivity index (χ1n) is 5.26. The zero-order valence-corrected chi connectivity index (χ0v) is 9.96. The average Bonchev–Trinajstić information content (AvgIpc) is 1.96. The lowest BCUT2D eigenvalue weighted by molar-refractivity contribution is -0.138. The first-order valence-corrected chi connectivity index (χ1v) is 5.26. The minimum atomic E-state index is -0.899. The van der Waals surface area contributed by atoms with Crippen LogP contribution >= 0.6 is 0 Å². The number of carboxylic acid groups (broad SMARTS) is 1. The van der Waals surface area contributed by atoms with Crippen LogP contribution in [0.1, 0.15) is 47.0 Å². The molecule has 0 aromatic heterocycles. The van der Waals surface area contributed by atoms with Gasteiger partial charge >= 0.3 is 5.97 Å². The summed E-state index contributed by atoms with van der Waals surface area (Å²) in [6.07, 6.45) is 1.23. The quantitative estimate of drug-likeness (QED) is 0.710. The highest BCUT2D eigenvalue weighted by atomic mass is 16.4. The number of rotatable bonds is 6. The molecule has 0 fully saturated rings. The summed E-state index contributed by atoms with van der Waals surface area (Å²) in [6.45, 7) is 7.54. The van der Waals surface area contributed by atoms with E-state index in [9.17, 15) is 9.59 Å². The van der Waals surface area contributed by atoms with E-state index < -0.39 is 11.5 Å². The Hall–Kier alpha value is -1.06. The molecule has 0 aliphatic heterocycles. The number of carbonyl (C=O) groups is 2. The minimum absolute atomic E-state index is 0.0551. The Kier molecular flexibility index (Phi) is 5.33. The van der Waals surface area contributed by atoms with Gasteiger partial charge in [0.05, 0.1) is 6.42 Å². The predicted octanol–water partition coefficient (Wildman–Crippen LogP) is 1.79. The number of aliphatic carboxylic acids is 1. The fourth-order valence-electron chi connectivity index (χ4n) is 1.28. The highest BCUT2D eigenvalue weighted by Gasteiger charge is 2.23. The van der Waals surface area contributed by atoms with Crippen molar-refractivity contribution in [3.05, 3.63) is 0 Å². The van der Waals surface area contributed by atoms with Gasteiger partial charge in [-0.3, -0.25) is 9.59 Å². The Balaban J connectivity index is 3.98. The van der Waals surface area contributed by atoms with Crippen molar-refractivity contribution in [3.8, 4) is 0 Å². The van der Waals surface area contributed by atoms with E-state index in [4.69, 9.17) is 5.11 Å². The number of nitrogens with one attached hydrogen (secondary N) is 1. The van der Waals surface area contributed by atoms with Gasteiger partial charge in [0.2, 0.25) is 5.91 Å². The third-order valence-electron chi connectivity index (χ3n) is 2.02. The van der Waals surface area contributed by atoms with Crippen LogP contribution in [-0.4, -0.2) is 22.5 Å². The Bertz CT molecular complexity index is 234. The standard InChI is InChI=1S/C11H21NO3/c1-8(2)5-6-9(13)12-11(3,4)7-10(14)15/h8H,5-7H2,1-4H3,(H,12,13)(H,14,15). The van der Waals surface area contributed by atoms with E-state index in [2.05, 4.69) is 19.2 Å². The number of amides is 1. The van der Waals surface area contributed by atoms with E-state index in [0.717, 1.165) is 6.42 Å². The Labute approximate surface area is 91.1 Å². The molecule has 0 aromatic rings. The van der Waals surface area contributed by atoms with Crippen LogP contribution in [0.2, 0.25) is 0 Å². The number of carbonyl (C=O) groups excluding carboxylic acids is 1. The zero-order chi connectivity index (χ0) is 12.1. The largest absolute Gasteiger partial charge is 0.481 e. The van der Waals surface area contributed by atoms with Crippen molar-refractivity contribution in [1.82, 2.24) is 5.32 Å². The first kappa shape index (κ1) is 13.9. The van der Waals surface area contributed by atoms with Crippen molar-refractivity contribution in [2.24, 2.45) is 5.92 Å². The fourth-order valence-corrected chi connectivity index (χ4v) is 1.28. The van der Waals surface area contributed by atoms with Gasteiger partial charge in [0.15, 0.2) is 0 Å². The smallest absolute Gasteiger partial charge is 0.305 e. The Morgan fingerprint density at radius 3 is 2.27 bits per heavy atom. The fraction of sp³-hybridized carbons (Fsp3) is 0.818. The highest BCUT2D eigenvalue weighted by Crippen LogP contribution is 2.10. The molecular formula is C11H21NO3. The molecule has 0 spiro atoms. The van der Waals surface area contributed by atoms with Crippen molar-refractivity contribution in [2.45, 2.75) is 52.5 Å². The third kappa shape index (κ3) is 7.97. The molecule has 4 heteroatoms. The maximum atomic E-state index is 11.4. The van der Waals surface area contributed by atoms with Gasteiger partial charge < -0.3 is 10.4 Å². The van der Waals surface area contributed by atoms with Gasteiger partial charge in [-0.05, 0) is 26.2 Å². The first-order chi connectivity index (χ1) is 6.73. The molecule has 4 nitrogen and oxygen atoms in total. The third-order valence-corrected chi connectivity index (χ3v) is 2.02. The summed E-state index contributed by atoms with van der Waals surface area (Å²) in [4.78, 5) is 22.0. The van der Waals surface area contributed by atoms with Gasteiger partial charge in [0, 0.05) is 12.0 Å². The number of hydrogen-bond acceptors (Lipinski definition) is 2. The van der Waals surface area contributed by atoms with Gasteiger partial charge in [0.25, 0.3) is 0 Å². The van der Waals surface area contributed by atoms with Crippen LogP contribution in [0.4, 0.5) is 0 Å². The second-order valence-corrected chi connectivity index (χ2v) is 4.94. The molecule has 0 saturated carbocycles. The van der Waals surface area contributed by atoms with Gasteiger partial charge in [0.1, 0.15) is 0 Å². The summed E-state index contributed by atoms with van der Waals surface area (Å²) in [5, 5.41) is 11.4. The molecule has 0 heterocycles. The molecule has 15 heavy (non-hydrogen) atoms. The molecule has 0 aliphatic rings. The highest BCUT2D eigenvalue weighted by molar-refractivity contribution is 5.78. The second-order valence-electron chi connectivity index (χ2n) is 4.94. The topological polar surface area (TPSA) is 66.4 Å². The molecule has 0 radical (unpaired) electrons. The summed E-state index contributed by atoms with van der Waals surface area (Å²) in [5.74, 6) is -0.488.